The van der Waals surface area contributed by atoms with Crippen molar-refractivity contribution < 1.29 is 13.9 Å². The number of para-hydroxylation sites is 1. The van der Waals surface area contributed by atoms with Crippen LogP contribution in [-0.4, -0.2) is 18.2 Å². The molecule has 0 aliphatic heterocycles. The lowest BCUT2D eigenvalue weighted by Gasteiger charge is -2.12. The van der Waals surface area contributed by atoms with E-state index in [9.17, 15) is 4.79 Å². The van der Waals surface area contributed by atoms with E-state index < -0.39 is 6.10 Å². The lowest BCUT2D eigenvalue weighted by molar-refractivity contribution is -0.127. The number of nitrogens with zero attached hydrogens (tertiary/aromatic N) is 1. The van der Waals surface area contributed by atoms with E-state index in [2.05, 4.69) is 10.5 Å². The third-order valence-corrected chi connectivity index (χ3v) is 2.55. The maximum atomic E-state index is 11.8. The van der Waals surface area contributed by atoms with Crippen LogP contribution in [0.4, 0.5) is 0 Å². The molecule has 0 bridgehead atoms. The molecule has 20 heavy (non-hydrogen) atoms. The van der Waals surface area contributed by atoms with Crippen LogP contribution in [0.5, 0.6) is 5.75 Å². The monoisotopic (exact) mass is 272 g/mol. The van der Waals surface area contributed by atoms with E-state index in [1.54, 1.807) is 25.1 Å². The second kappa shape index (κ2) is 6.56. The molecule has 0 radical (unpaired) electrons. The van der Waals surface area contributed by atoms with Crippen LogP contribution in [-0.2, 0) is 4.79 Å². The number of furan rings is 1. The fourth-order valence-electron chi connectivity index (χ4n) is 1.53. The van der Waals surface area contributed by atoms with Crippen molar-refractivity contribution >= 4 is 12.1 Å². The summed E-state index contributed by atoms with van der Waals surface area (Å²) in [5.41, 5.74) is 2.41. The number of nitrogens with one attached hydrogen (secondary N) is 1. The molecule has 0 saturated heterocycles. The van der Waals surface area contributed by atoms with Crippen molar-refractivity contribution in [2.45, 2.75) is 20.0 Å². The summed E-state index contributed by atoms with van der Waals surface area (Å²) in [6.45, 7) is 3.50. The van der Waals surface area contributed by atoms with Gasteiger partial charge in [0.25, 0.3) is 5.91 Å². The number of amides is 1. The van der Waals surface area contributed by atoms with Crippen molar-refractivity contribution in [2.75, 3.05) is 0 Å². The molecule has 0 aliphatic rings. The van der Waals surface area contributed by atoms with Gasteiger partial charge in [-0.1, -0.05) is 18.2 Å². The summed E-state index contributed by atoms with van der Waals surface area (Å²) in [4.78, 5) is 11.8. The second-order valence-electron chi connectivity index (χ2n) is 4.26. The van der Waals surface area contributed by atoms with Crippen molar-refractivity contribution in [3.05, 3.63) is 54.0 Å². The van der Waals surface area contributed by atoms with Gasteiger partial charge in [0.1, 0.15) is 17.3 Å². The minimum atomic E-state index is -0.632. The summed E-state index contributed by atoms with van der Waals surface area (Å²) in [7, 11) is 0. The van der Waals surface area contributed by atoms with Crippen LogP contribution in [0.2, 0.25) is 0 Å². The molecule has 0 fully saturated rings. The molecule has 2 aromatic rings. The Labute approximate surface area is 117 Å². The standard InChI is InChI=1S/C15H16N2O3/c1-11-8-9-14(19-11)10-16-17-15(18)12(2)20-13-6-4-3-5-7-13/h3-10,12H,1-2H3,(H,17,18)/b16-10+. The Morgan fingerprint density at radius 2 is 2.05 bits per heavy atom. The highest BCUT2D eigenvalue weighted by Crippen LogP contribution is 2.10. The number of carbonyl (C=O) groups is 1. The van der Waals surface area contributed by atoms with Gasteiger partial charge in [0.15, 0.2) is 6.10 Å². The minimum absolute atomic E-state index is 0.326. The first-order valence-electron chi connectivity index (χ1n) is 6.26. The molecule has 5 heteroatoms. The SMILES string of the molecule is Cc1ccc(/C=N/NC(=O)C(C)Oc2ccccc2)o1. The highest BCUT2D eigenvalue weighted by Gasteiger charge is 2.13. The number of benzene rings is 1. The van der Waals surface area contributed by atoms with Gasteiger partial charge in [-0.05, 0) is 38.1 Å². The van der Waals surface area contributed by atoms with Gasteiger partial charge in [-0.3, -0.25) is 4.79 Å². The zero-order valence-electron chi connectivity index (χ0n) is 11.4. The van der Waals surface area contributed by atoms with E-state index in [0.29, 0.717) is 11.5 Å². The van der Waals surface area contributed by atoms with E-state index in [0.717, 1.165) is 5.76 Å². The van der Waals surface area contributed by atoms with Gasteiger partial charge in [0.2, 0.25) is 0 Å². The number of hydrogen-bond acceptors (Lipinski definition) is 4. The van der Waals surface area contributed by atoms with Crippen molar-refractivity contribution in [1.82, 2.24) is 5.43 Å². The molecule has 1 amide bonds. The summed E-state index contributed by atoms with van der Waals surface area (Å²) in [5.74, 6) is 1.69. The summed E-state index contributed by atoms with van der Waals surface area (Å²) < 4.78 is 10.8. The van der Waals surface area contributed by atoms with Crippen LogP contribution >= 0.6 is 0 Å². The van der Waals surface area contributed by atoms with Gasteiger partial charge in [-0.15, -0.1) is 0 Å². The third kappa shape index (κ3) is 3.98. The van der Waals surface area contributed by atoms with Gasteiger partial charge < -0.3 is 9.15 Å². The quantitative estimate of drug-likeness (QED) is 0.672. The average molecular weight is 272 g/mol. The van der Waals surface area contributed by atoms with Crippen LogP contribution in [0.15, 0.2) is 52.0 Å². The van der Waals surface area contributed by atoms with Gasteiger partial charge in [0, 0.05) is 0 Å². The van der Waals surface area contributed by atoms with E-state index >= 15 is 0 Å². The van der Waals surface area contributed by atoms with E-state index in [1.807, 2.05) is 31.2 Å². The largest absolute Gasteiger partial charge is 0.481 e. The molecule has 1 N–H and O–H groups in total. The number of carbonyl (C=O) groups excluding carboxylic acids is 1. The zero-order valence-corrected chi connectivity index (χ0v) is 11.4. The molecule has 0 saturated carbocycles. The van der Waals surface area contributed by atoms with Crippen molar-refractivity contribution in [1.29, 1.82) is 0 Å². The lowest BCUT2D eigenvalue weighted by atomic mass is 10.3. The predicted octanol–water partition coefficient (Wildman–Crippen LogP) is 2.51. The average Bonchev–Trinajstić information content (AvgIpc) is 2.85. The van der Waals surface area contributed by atoms with E-state index in [4.69, 9.17) is 9.15 Å². The first kappa shape index (κ1) is 13.9. The van der Waals surface area contributed by atoms with Crippen LogP contribution in [0.1, 0.15) is 18.4 Å². The number of hydrazone groups is 1. The molecule has 1 heterocycles. The molecule has 1 aromatic carbocycles. The molecule has 1 aromatic heterocycles. The van der Waals surface area contributed by atoms with Gasteiger partial charge in [0.05, 0.1) is 6.21 Å². The fraction of sp³-hybridized carbons (Fsp3) is 0.200. The van der Waals surface area contributed by atoms with Crippen LogP contribution in [0.25, 0.3) is 0 Å². The first-order valence-corrected chi connectivity index (χ1v) is 6.26. The van der Waals surface area contributed by atoms with Crippen LogP contribution < -0.4 is 10.2 Å². The highest BCUT2D eigenvalue weighted by atomic mass is 16.5. The van der Waals surface area contributed by atoms with Gasteiger partial charge >= 0.3 is 0 Å². The maximum Gasteiger partial charge on any atom is 0.280 e. The zero-order chi connectivity index (χ0) is 14.4. The fourth-order valence-corrected chi connectivity index (χ4v) is 1.53. The highest BCUT2D eigenvalue weighted by molar-refractivity contribution is 5.83. The Hall–Kier alpha value is -2.56. The first-order chi connectivity index (χ1) is 9.65. The van der Waals surface area contributed by atoms with Crippen molar-refractivity contribution in [3.63, 3.8) is 0 Å². The molecular formula is C15H16N2O3. The number of rotatable bonds is 5. The summed E-state index contributed by atoms with van der Waals surface area (Å²) in [6.07, 6.45) is 0.813. The second-order valence-corrected chi connectivity index (χ2v) is 4.26. The summed E-state index contributed by atoms with van der Waals surface area (Å²) in [5, 5.41) is 3.82. The van der Waals surface area contributed by atoms with E-state index in [1.165, 1.54) is 6.21 Å². The number of hydrogen-bond donors (Lipinski definition) is 1. The molecule has 1 unspecified atom stereocenters. The molecule has 1 atom stereocenters. The van der Waals surface area contributed by atoms with E-state index in [-0.39, 0.29) is 5.91 Å². The molecule has 5 nitrogen and oxygen atoms in total. The number of ether oxygens (including phenoxy) is 1. The van der Waals surface area contributed by atoms with Crippen molar-refractivity contribution in [3.8, 4) is 5.75 Å². The Balaban J connectivity index is 1.84. The topological polar surface area (TPSA) is 63.8 Å². The third-order valence-electron chi connectivity index (χ3n) is 2.55. The predicted molar refractivity (Wildman–Crippen MR) is 75.7 cm³/mol. The molecule has 0 aliphatic carbocycles. The number of aryl methyl sites for hydroxylation is 1. The van der Waals surface area contributed by atoms with Crippen LogP contribution in [0.3, 0.4) is 0 Å². The van der Waals surface area contributed by atoms with Crippen molar-refractivity contribution in [2.24, 2.45) is 5.10 Å². The lowest BCUT2D eigenvalue weighted by Crippen LogP contribution is -2.33. The summed E-state index contributed by atoms with van der Waals surface area (Å²) >= 11 is 0. The Morgan fingerprint density at radius 3 is 2.70 bits per heavy atom. The summed E-state index contributed by atoms with van der Waals surface area (Å²) in [6, 6.07) is 12.7. The maximum absolute atomic E-state index is 11.8. The molecule has 2 rings (SSSR count). The molecule has 104 valence electrons. The van der Waals surface area contributed by atoms with Gasteiger partial charge in [-0.2, -0.15) is 5.10 Å². The molecular weight excluding hydrogens is 256 g/mol. The smallest absolute Gasteiger partial charge is 0.280 e. The minimum Gasteiger partial charge on any atom is -0.481 e. The Bertz CT molecular complexity index is 590. The Morgan fingerprint density at radius 1 is 1.30 bits per heavy atom. The van der Waals surface area contributed by atoms with Gasteiger partial charge in [-0.25, -0.2) is 5.43 Å². The molecule has 0 spiro atoms. The Kier molecular flexibility index (Phi) is 4.55. The normalized spacial score (nSPS) is 12.3. The van der Waals surface area contributed by atoms with Crippen LogP contribution in [0, 0.1) is 6.92 Å².